The third-order valence-corrected chi connectivity index (χ3v) is 3.74. The molecule has 3 nitrogen and oxygen atoms in total. The minimum Gasteiger partial charge on any atom is -0.472 e. The van der Waals surface area contributed by atoms with E-state index in [0.717, 1.165) is 29.0 Å². The number of imidazole rings is 1. The van der Waals surface area contributed by atoms with Gasteiger partial charge >= 0.3 is 0 Å². The summed E-state index contributed by atoms with van der Waals surface area (Å²) in [6.45, 7) is 0.732. The van der Waals surface area contributed by atoms with E-state index in [2.05, 4.69) is 50.3 Å². The van der Waals surface area contributed by atoms with E-state index in [-0.39, 0.29) is 0 Å². The van der Waals surface area contributed by atoms with Gasteiger partial charge in [0.1, 0.15) is 5.82 Å². The molecule has 1 aromatic carbocycles. The minimum absolute atomic E-state index is 0.406. The lowest BCUT2D eigenvalue weighted by atomic mass is 10.3. The molecule has 0 radical (unpaired) electrons. The van der Waals surface area contributed by atoms with Crippen LogP contribution in [0.15, 0.2) is 41.2 Å². The van der Waals surface area contributed by atoms with E-state index >= 15 is 0 Å². The maximum absolute atomic E-state index is 5.97. The van der Waals surface area contributed by atoms with Crippen molar-refractivity contribution in [3.8, 4) is 0 Å². The molecule has 0 unspecified atom stereocenters. The number of nitrogens with zero attached hydrogens (tertiary/aromatic N) is 2. The van der Waals surface area contributed by atoms with Gasteiger partial charge in [-0.15, -0.1) is 11.6 Å². The van der Waals surface area contributed by atoms with Gasteiger partial charge in [0.25, 0.3) is 0 Å². The molecule has 0 saturated heterocycles. The number of rotatable bonds is 3. The van der Waals surface area contributed by atoms with Crippen molar-refractivity contribution in [2.24, 2.45) is 0 Å². The molecular formula is C13H10ClIN2O. The molecule has 18 heavy (non-hydrogen) atoms. The van der Waals surface area contributed by atoms with E-state index in [9.17, 15) is 0 Å². The summed E-state index contributed by atoms with van der Waals surface area (Å²) in [4.78, 5) is 4.57. The summed E-state index contributed by atoms with van der Waals surface area (Å²) in [6, 6.07) is 8.18. The highest BCUT2D eigenvalue weighted by molar-refractivity contribution is 14.1. The molecule has 92 valence electrons. The molecule has 3 aromatic rings. The Balaban J connectivity index is 2.13. The number of halogens is 2. The fourth-order valence-electron chi connectivity index (χ4n) is 2.00. The minimum atomic E-state index is 0.406. The molecule has 0 amide bonds. The van der Waals surface area contributed by atoms with Crippen molar-refractivity contribution < 1.29 is 4.42 Å². The van der Waals surface area contributed by atoms with Crippen LogP contribution in [0.25, 0.3) is 11.0 Å². The van der Waals surface area contributed by atoms with E-state index in [1.165, 1.54) is 3.57 Å². The van der Waals surface area contributed by atoms with Crippen LogP contribution in [0.2, 0.25) is 0 Å². The Bertz CT molecular complexity index is 676. The number of aromatic nitrogens is 2. The van der Waals surface area contributed by atoms with Gasteiger partial charge in [0.15, 0.2) is 0 Å². The lowest BCUT2D eigenvalue weighted by Gasteiger charge is -2.05. The van der Waals surface area contributed by atoms with E-state index < -0.39 is 0 Å². The molecule has 0 aliphatic carbocycles. The standard InChI is InChI=1S/C13H10ClIN2O/c14-6-13-16-11-5-10(15)1-2-12(11)17(13)7-9-3-4-18-8-9/h1-5,8H,6-7H2. The Labute approximate surface area is 123 Å². The molecule has 2 heterocycles. The first-order valence-electron chi connectivity index (χ1n) is 5.49. The normalized spacial score (nSPS) is 11.2. The van der Waals surface area contributed by atoms with Gasteiger partial charge in [-0.25, -0.2) is 4.98 Å². The van der Waals surface area contributed by atoms with Crippen LogP contribution in [0, 0.1) is 3.57 Å². The van der Waals surface area contributed by atoms with Gasteiger partial charge in [-0.2, -0.15) is 0 Å². The topological polar surface area (TPSA) is 31.0 Å². The zero-order valence-corrected chi connectivity index (χ0v) is 12.4. The first-order chi connectivity index (χ1) is 8.78. The first kappa shape index (κ1) is 12.0. The van der Waals surface area contributed by atoms with Gasteiger partial charge in [-0.1, -0.05) is 0 Å². The van der Waals surface area contributed by atoms with Gasteiger partial charge in [0, 0.05) is 9.13 Å². The molecule has 0 aliphatic heterocycles. The average Bonchev–Trinajstić information content (AvgIpc) is 2.97. The molecule has 0 atom stereocenters. The van der Waals surface area contributed by atoms with Crippen molar-refractivity contribution in [3.63, 3.8) is 0 Å². The van der Waals surface area contributed by atoms with Crippen LogP contribution in [-0.2, 0) is 12.4 Å². The van der Waals surface area contributed by atoms with Crippen LogP contribution >= 0.6 is 34.2 Å². The lowest BCUT2D eigenvalue weighted by molar-refractivity contribution is 0.562. The van der Waals surface area contributed by atoms with Crippen molar-refractivity contribution in [3.05, 3.63) is 51.7 Å². The number of furan rings is 1. The molecule has 0 bridgehead atoms. The zero-order valence-electron chi connectivity index (χ0n) is 9.44. The molecule has 0 spiro atoms. The lowest BCUT2D eigenvalue weighted by Crippen LogP contribution is -2.02. The largest absolute Gasteiger partial charge is 0.472 e. The molecule has 0 fully saturated rings. The van der Waals surface area contributed by atoms with E-state index in [1.54, 1.807) is 12.5 Å². The SMILES string of the molecule is ClCc1nc2cc(I)ccc2n1Cc1ccoc1. The number of hydrogen-bond donors (Lipinski definition) is 0. The number of hydrogen-bond acceptors (Lipinski definition) is 2. The van der Waals surface area contributed by atoms with Crippen molar-refractivity contribution in [2.75, 3.05) is 0 Å². The number of fused-ring (bicyclic) bond motifs is 1. The quantitative estimate of drug-likeness (QED) is 0.513. The predicted octanol–water partition coefficient (Wildman–Crippen LogP) is 4.02. The second-order valence-corrected chi connectivity index (χ2v) is 5.53. The zero-order chi connectivity index (χ0) is 12.5. The van der Waals surface area contributed by atoms with E-state index in [0.29, 0.717) is 5.88 Å². The number of benzene rings is 1. The fourth-order valence-corrected chi connectivity index (χ4v) is 2.68. The van der Waals surface area contributed by atoms with Crippen molar-refractivity contribution >= 4 is 45.2 Å². The van der Waals surface area contributed by atoms with Gasteiger partial charge in [-0.05, 0) is 46.9 Å². The highest BCUT2D eigenvalue weighted by atomic mass is 127. The smallest absolute Gasteiger partial charge is 0.125 e. The first-order valence-corrected chi connectivity index (χ1v) is 7.11. The fraction of sp³-hybridized carbons (Fsp3) is 0.154. The molecule has 0 N–H and O–H groups in total. The van der Waals surface area contributed by atoms with Crippen LogP contribution in [0.3, 0.4) is 0 Å². The van der Waals surface area contributed by atoms with Crippen molar-refractivity contribution in [1.82, 2.24) is 9.55 Å². The summed E-state index contributed by atoms with van der Waals surface area (Å²) < 4.78 is 8.40. The Kier molecular flexibility index (Phi) is 3.30. The maximum atomic E-state index is 5.97. The predicted molar refractivity (Wildman–Crippen MR) is 79.8 cm³/mol. The molecular weight excluding hydrogens is 363 g/mol. The molecule has 5 heteroatoms. The summed E-state index contributed by atoms with van der Waals surface area (Å²) in [5.74, 6) is 1.29. The van der Waals surface area contributed by atoms with Crippen LogP contribution in [-0.4, -0.2) is 9.55 Å². The van der Waals surface area contributed by atoms with Gasteiger partial charge < -0.3 is 8.98 Å². The summed E-state index contributed by atoms with van der Waals surface area (Å²) in [5, 5.41) is 0. The Morgan fingerprint density at radius 1 is 1.33 bits per heavy atom. The monoisotopic (exact) mass is 372 g/mol. The Morgan fingerprint density at radius 3 is 2.94 bits per heavy atom. The second kappa shape index (κ2) is 4.93. The molecule has 3 rings (SSSR count). The van der Waals surface area contributed by atoms with E-state index in [1.807, 2.05) is 6.07 Å². The van der Waals surface area contributed by atoms with E-state index in [4.69, 9.17) is 16.0 Å². The molecule has 0 saturated carbocycles. The molecule has 2 aromatic heterocycles. The summed E-state index contributed by atoms with van der Waals surface area (Å²) in [6.07, 6.45) is 3.42. The van der Waals surface area contributed by atoms with Gasteiger partial charge in [-0.3, -0.25) is 0 Å². The second-order valence-electron chi connectivity index (χ2n) is 4.01. The summed E-state index contributed by atoms with van der Waals surface area (Å²) in [5.41, 5.74) is 3.20. The number of alkyl halides is 1. The van der Waals surface area contributed by atoms with Crippen molar-refractivity contribution in [2.45, 2.75) is 12.4 Å². The highest BCUT2D eigenvalue weighted by Crippen LogP contribution is 2.21. The van der Waals surface area contributed by atoms with Crippen molar-refractivity contribution in [1.29, 1.82) is 0 Å². The Morgan fingerprint density at radius 2 is 2.22 bits per heavy atom. The van der Waals surface area contributed by atoms with Crippen LogP contribution in [0.5, 0.6) is 0 Å². The summed E-state index contributed by atoms with van der Waals surface area (Å²) >= 11 is 8.26. The highest BCUT2D eigenvalue weighted by Gasteiger charge is 2.11. The average molecular weight is 373 g/mol. The van der Waals surface area contributed by atoms with Crippen LogP contribution < -0.4 is 0 Å². The van der Waals surface area contributed by atoms with Crippen LogP contribution in [0.1, 0.15) is 11.4 Å². The maximum Gasteiger partial charge on any atom is 0.125 e. The summed E-state index contributed by atoms with van der Waals surface area (Å²) in [7, 11) is 0. The van der Waals surface area contributed by atoms with Gasteiger partial charge in [0.05, 0.1) is 36.0 Å². The third-order valence-electron chi connectivity index (χ3n) is 2.83. The Hall–Kier alpha value is -1.01. The molecule has 0 aliphatic rings. The third kappa shape index (κ3) is 2.14. The van der Waals surface area contributed by atoms with Crippen LogP contribution in [0.4, 0.5) is 0 Å². The van der Waals surface area contributed by atoms with Gasteiger partial charge in [0.2, 0.25) is 0 Å².